The highest BCUT2D eigenvalue weighted by molar-refractivity contribution is 6.06. The number of para-hydroxylation sites is 1. The Kier molecular flexibility index (Phi) is 6.16. The van der Waals surface area contributed by atoms with Crippen LogP contribution in [0.2, 0.25) is 0 Å². The van der Waals surface area contributed by atoms with E-state index in [2.05, 4.69) is 5.32 Å². The van der Waals surface area contributed by atoms with Gasteiger partial charge in [0, 0.05) is 18.7 Å². The van der Waals surface area contributed by atoms with Gasteiger partial charge in [0.25, 0.3) is 0 Å². The lowest BCUT2D eigenvalue weighted by molar-refractivity contribution is -0.122. The van der Waals surface area contributed by atoms with Crippen LogP contribution in [-0.4, -0.2) is 37.5 Å². The van der Waals surface area contributed by atoms with Gasteiger partial charge in [0.2, 0.25) is 11.8 Å². The quantitative estimate of drug-likeness (QED) is 0.758. The van der Waals surface area contributed by atoms with Crippen LogP contribution in [-0.2, 0) is 14.3 Å². The standard InChI is InChI=1S/C22H24N2O5/c1-14(2)29-17-10-8-16(9-11-17)24-13-15(12-20(24)25)21(26)23-19-7-5-4-6-18(19)22(27)28-3/h4-11,14-15H,12-13H2,1-3H3,(H,23,26). The maximum Gasteiger partial charge on any atom is 0.339 e. The van der Waals surface area contributed by atoms with Crippen LogP contribution in [0.3, 0.4) is 0 Å². The van der Waals surface area contributed by atoms with Gasteiger partial charge in [-0.05, 0) is 50.2 Å². The molecule has 2 aromatic rings. The largest absolute Gasteiger partial charge is 0.491 e. The van der Waals surface area contributed by atoms with Crippen molar-refractivity contribution in [3.8, 4) is 5.75 Å². The normalized spacial score (nSPS) is 16.1. The third-order valence-corrected chi connectivity index (χ3v) is 4.61. The van der Waals surface area contributed by atoms with Gasteiger partial charge in [-0.1, -0.05) is 12.1 Å². The average Bonchev–Trinajstić information content (AvgIpc) is 3.10. The minimum Gasteiger partial charge on any atom is -0.491 e. The molecule has 0 bridgehead atoms. The highest BCUT2D eigenvalue weighted by Crippen LogP contribution is 2.28. The third kappa shape index (κ3) is 4.74. The zero-order chi connectivity index (χ0) is 21.0. The maximum absolute atomic E-state index is 12.7. The summed E-state index contributed by atoms with van der Waals surface area (Å²) in [6.45, 7) is 4.16. The number of hydrogen-bond acceptors (Lipinski definition) is 5. The summed E-state index contributed by atoms with van der Waals surface area (Å²) in [4.78, 5) is 38.6. The number of nitrogens with one attached hydrogen (secondary N) is 1. The maximum atomic E-state index is 12.7. The molecule has 1 fully saturated rings. The molecular weight excluding hydrogens is 372 g/mol. The fraction of sp³-hybridized carbons (Fsp3) is 0.318. The lowest BCUT2D eigenvalue weighted by Gasteiger charge is -2.18. The van der Waals surface area contributed by atoms with E-state index in [0.717, 1.165) is 11.4 Å². The Morgan fingerprint density at radius 3 is 2.45 bits per heavy atom. The Labute approximate surface area is 169 Å². The van der Waals surface area contributed by atoms with Gasteiger partial charge in [0.05, 0.1) is 30.4 Å². The number of nitrogens with zero attached hydrogens (tertiary/aromatic N) is 1. The van der Waals surface area contributed by atoms with Crippen molar-refractivity contribution >= 4 is 29.2 Å². The minimum atomic E-state index is -0.534. The number of carbonyl (C=O) groups is 3. The lowest BCUT2D eigenvalue weighted by Crippen LogP contribution is -2.28. The van der Waals surface area contributed by atoms with E-state index in [9.17, 15) is 14.4 Å². The van der Waals surface area contributed by atoms with Crippen molar-refractivity contribution in [1.82, 2.24) is 0 Å². The van der Waals surface area contributed by atoms with E-state index in [0.29, 0.717) is 5.69 Å². The molecule has 1 atom stereocenters. The van der Waals surface area contributed by atoms with Crippen LogP contribution < -0.4 is 15.0 Å². The molecule has 0 radical (unpaired) electrons. The van der Waals surface area contributed by atoms with Crippen LogP contribution in [0.15, 0.2) is 48.5 Å². The molecule has 1 N–H and O–H groups in total. The number of amides is 2. The number of ether oxygens (including phenoxy) is 2. The summed E-state index contributed by atoms with van der Waals surface area (Å²) in [5.74, 6) is -0.751. The Morgan fingerprint density at radius 1 is 1.10 bits per heavy atom. The third-order valence-electron chi connectivity index (χ3n) is 4.61. The summed E-state index contributed by atoms with van der Waals surface area (Å²) in [5.41, 5.74) is 1.35. The fourth-order valence-corrected chi connectivity index (χ4v) is 3.22. The highest BCUT2D eigenvalue weighted by Gasteiger charge is 2.35. The molecule has 0 aromatic heterocycles. The van der Waals surface area contributed by atoms with Crippen LogP contribution in [0, 0.1) is 5.92 Å². The monoisotopic (exact) mass is 396 g/mol. The molecule has 3 rings (SSSR count). The fourth-order valence-electron chi connectivity index (χ4n) is 3.22. The van der Waals surface area contributed by atoms with Gasteiger partial charge in [-0.2, -0.15) is 0 Å². The molecule has 2 aromatic carbocycles. The number of anilines is 2. The zero-order valence-corrected chi connectivity index (χ0v) is 16.7. The molecule has 0 spiro atoms. The number of hydrogen-bond donors (Lipinski definition) is 1. The lowest BCUT2D eigenvalue weighted by atomic mass is 10.1. The van der Waals surface area contributed by atoms with E-state index >= 15 is 0 Å². The SMILES string of the molecule is COC(=O)c1ccccc1NC(=O)C1CC(=O)N(c2ccc(OC(C)C)cc2)C1. The van der Waals surface area contributed by atoms with Gasteiger partial charge in [-0.15, -0.1) is 0 Å². The van der Waals surface area contributed by atoms with Crippen molar-refractivity contribution in [3.05, 3.63) is 54.1 Å². The van der Waals surface area contributed by atoms with Crippen LogP contribution in [0.4, 0.5) is 11.4 Å². The van der Waals surface area contributed by atoms with Gasteiger partial charge in [-0.3, -0.25) is 9.59 Å². The average molecular weight is 396 g/mol. The molecular formula is C22H24N2O5. The Morgan fingerprint density at radius 2 is 1.79 bits per heavy atom. The van der Waals surface area contributed by atoms with Crippen molar-refractivity contribution in [2.45, 2.75) is 26.4 Å². The summed E-state index contributed by atoms with van der Waals surface area (Å²) >= 11 is 0. The summed E-state index contributed by atoms with van der Waals surface area (Å²) in [6, 6.07) is 13.8. The smallest absolute Gasteiger partial charge is 0.339 e. The predicted molar refractivity (Wildman–Crippen MR) is 109 cm³/mol. The van der Waals surface area contributed by atoms with Gasteiger partial charge in [0.1, 0.15) is 5.75 Å². The molecule has 152 valence electrons. The molecule has 1 aliphatic heterocycles. The van der Waals surface area contributed by atoms with Crippen molar-refractivity contribution in [2.24, 2.45) is 5.92 Å². The first-order chi connectivity index (χ1) is 13.9. The minimum absolute atomic E-state index is 0.0650. The van der Waals surface area contributed by atoms with Gasteiger partial charge in [-0.25, -0.2) is 4.79 Å². The summed E-state index contributed by atoms with van der Waals surface area (Å²) < 4.78 is 10.4. The van der Waals surface area contributed by atoms with E-state index in [1.54, 1.807) is 29.2 Å². The molecule has 7 nitrogen and oxygen atoms in total. The van der Waals surface area contributed by atoms with E-state index in [-0.39, 0.29) is 36.4 Å². The first-order valence-electron chi connectivity index (χ1n) is 9.44. The molecule has 7 heteroatoms. The second-order valence-corrected chi connectivity index (χ2v) is 7.09. The predicted octanol–water partition coefficient (Wildman–Crippen LogP) is 3.25. The number of benzene rings is 2. The van der Waals surface area contributed by atoms with E-state index in [1.165, 1.54) is 7.11 Å². The first-order valence-corrected chi connectivity index (χ1v) is 9.44. The Balaban J connectivity index is 1.69. The van der Waals surface area contributed by atoms with Crippen molar-refractivity contribution in [1.29, 1.82) is 0 Å². The molecule has 0 saturated carbocycles. The second kappa shape index (κ2) is 8.77. The molecule has 1 saturated heterocycles. The number of esters is 1. The zero-order valence-electron chi connectivity index (χ0n) is 16.7. The van der Waals surface area contributed by atoms with Crippen molar-refractivity contribution in [2.75, 3.05) is 23.9 Å². The molecule has 1 unspecified atom stereocenters. The molecule has 0 aliphatic carbocycles. The summed E-state index contributed by atoms with van der Waals surface area (Å²) in [7, 11) is 1.28. The first kappa shape index (κ1) is 20.4. The number of methoxy groups -OCH3 is 1. The molecule has 1 aliphatic rings. The van der Waals surface area contributed by atoms with Gasteiger partial charge in [0.15, 0.2) is 0 Å². The molecule has 1 heterocycles. The number of rotatable bonds is 6. The molecule has 29 heavy (non-hydrogen) atoms. The van der Waals surface area contributed by atoms with Crippen molar-refractivity contribution in [3.63, 3.8) is 0 Å². The van der Waals surface area contributed by atoms with E-state index in [4.69, 9.17) is 9.47 Å². The van der Waals surface area contributed by atoms with Crippen LogP contribution in [0.5, 0.6) is 5.75 Å². The Bertz CT molecular complexity index is 908. The van der Waals surface area contributed by atoms with Gasteiger partial charge < -0.3 is 19.7 Å². The number of carbonyl (C=O) groups excluding carboxylic acids is 3. The van der Waals surface area contributed by atoms with Gasteiger partial charge >= 0.3 is 5.97 Å². The molecule has 2 amide bonds. The van der Waals surface area contributed by atoms with Crippen LogP contribution in [0.25, 0.3) is 0 Å². The van der Waals surface area contributed by atoms with Crippen molar-refractivity contribution < 1.29 is 23.9 Å². The van der Waals surface area contributed by atoms with E-state index < -0.39 is 11.9 Å². The van der Waals surface area contributed by atoms with Crippen LogP contribution in [0.1, 0.15) is 30.6 Å². The topological polar surface area (TPSA) is 84.9 Å². The second-order valence-electron chi connectivity index (χ2n) is 7.09. The summed E-state index contributed by atoms with van der Waals surface area (Å²) in [5, 5.41) is 2.75. The Hall–Kier alpha value is -3.35. The van der Waals surface area contributed by atoms with E-state index in [1.807, 2.05) is 38.1 Å². The highest BCUT2D eigenvalue weighted by atomic mass is 16.5. The summed E-state index contributed by atoms with van der Waals surface area (Å²) in [6.07, 6.45) is 0.173. The van der Waals surface area contributed by atoms with Crippen LogP contribution >= 0.6 is 0 Å².